The Hall–Kier alpha value is -0.617. The molecule has 0 nitrogen and oxygen atoms in total. The molecule has 0 aliphatic heterocycles. The van der Waals surface area contributed by atoms with Crippen molar-refractivity contribution in [1.82, 2.24) is 0 Å². The molecule has 24 heavy (non-hydrogen) atoms. The number of hydrogen-bond acceptors (Lipinski definition) is 0. The van der Waals surface area contributed by atoms with Crippen LogP contribution in [0.5, 0.6) is 0 Å². The van der Waals surface area contributed by atoms with Crippen molar-refractivity contribution in [2.75, 3.05) is 0 Å². The van der Waals surface area contributed by atoms with Crippen molar-refractivity contribution in [3.05, 3.63) is 82.0 Å². The summed E-state index contributed by atoms with van der Waals surface area (Å²) in [5, 5.41) is 0. The van der Waals surface area contributed by atoms with Gasteiger partial charge in [-0.2, -0.15) is 0 Å². The van der Waals surface area contributed by atoms with Gasteiger partial charge in [-0.15, -0.1) is 0 Å². The van der Waals surface area contributed by atoms with Gasteiger partial charge in [0.2, 0.25) is 0 Å². The Morgan fingerprint density at radius 1 is 0.958 bits per heavy atom. The zero-order valence-electron chi connectivity index (χ0n) is 14.0. The summed E-state index contributed by atoms with van der Waals surface area (Å²) in [6.45, 7) is 4.44. The van der Waals surface area contributed by atoms with E-state index in [1.54, 1.807) is 16.7 Å². The summed E-state index contributed by atoms with van der Waals surface area (Å²) in [5.41, 5.74) is 11.8. The summed E-state index contributed by atoms with van der Waals surface area (Å²) in [6, 6.07) is 11.5. The van der Waals surface area contributed by atoms with Crippen LogP contribution in [0.4, 0.5) is 0 Å². The molecular weight excluding hydrogens is 414 g/mol. The van der Waals surface area contributed by atoms with Gasteiger partial charge in [0, 0.05) is 0 Å². The van der Waals surface area contributed by atoms with Gasteiger partial charge in [-0.25, -0.2) is 0 Å². The first-order chi connectivity index (χ1) is 10.2. The van der Waals surface area contributed by atoms with E-state index in [-0.39, 0.29) is 51.0 Å². The first-order valence-corrected chi connectivity index (χ1v) is 7.78. The fourth-order valence-electron chi connectivity index (χ4n) is 3.68. The van der Waals surface area contributed by atoms with Gasteiger partial charge in [0.05, 0.1) is 0 Å². The molecule has 0 fully saturated rings. The maximum atomic E-state index is 2.35. The van der Waals surface area contributed by atoms with Crippen molar-refractivity contribution in [3.63, 3.8) is 0 Å². The first kappa shape index (κ1) is 21.4. The maximum absolute atomic E-state index is 2.35. The number of aryl methyl sites for hydroxylation is 2. The number of halogens is 2. The SMILES string of the molecule is Cc1ccc2c(c1)Cc1c-2ccc(C)c1CC1=CC=CC1.[Cl-].[Cl-].[Zr+2]. The van der Waals surface area contributed by atoms with Crippen LogP contribution in [0.1, 0.15) is 34.2 Å². The quantitative estimate of drug-likeness (QED) is 0.501. The van der Waals surface area contributed by atoms with E-state index in [1.165, 1.54) is 27.8 Å². The van der Waals surface area contributed by atoms with E-state index in [2.05, 4.69) is 62.4 Å². The molecule has 0 atom stereocenters. The molecule has 0 unspecified atom stereocenters. The molecule has 0 heterocycles. The van der Waals surface area contributed by atoms with Gasteiger partial charge in [-0.05, 0) is 66.5 Å². The minimum absolute atomic E-state index is 0. The standard InChI is InChI=1S/C21H20.2ClH.Zr/c1-14-7-9-18-17(11-14)13-21-19(18)10-8-15(2)20(21)12-16-5-3-4-6-16;;;/h3-5,7-11H,6,12-13H2,1-2H3;2*1H;/q;;;+2/p-2. The number of benzene rings is 2. The van der Waals surface area contributed by atoms with E-state index in [1.807, 2.05) is 0 Å². The van der Waals surface area contributed by atoms with Crippen molar-refractivity contribution in [2.24, 2.45) is 0 Å². The van der Waals surface area contributed by atoms with Gasteiger partial charge in [-0.3, -0.25) is 0 Å². The van der Waals surface area contributed by atoms with E-state index in [0.717, 1.165) is 19.3 Å². The van der Waals surface area contributed by atoms with Gasteiger partial charge >= 0.3 is 26.2 Å². The van der Waals surface area contributed by atoms with E-state index >= 15 is 0 Å². The van der Waals surface area contributed by atoms with Crippen molar-refractivity contribution in [2.45, 2.75) is 33.1 Å². The first-order valence-electron chi connectivity index (χ1n) is 7.78. The van der Waals surface area contributed by atoms with Crippen LogP contribution in [0.25, 0.3) is 11.1 Å². The number of rotatable bonds is 2. The van der Waals surface area contributed by atoms with Crippen molar-refractivity contribution in [3.8, 4) is 11.1 Å². The van der Waals surface area contributed by atoms with Crippen molar-refractivity contribution in [1.29, 1.82) is 0 Å². The Bertz CT molecular complexity index is 804. The van der Waals surface area contributed by atoms with Gasteiger partial charge in [0.1, 0.15) is 0 Å². The summed E-state index contributed by atoms with van der Waals surface area (Å²) in [5.74, 6) is 0. The molecule has 0 spiro atoms. The van der Waals surface area contributed by atoms with Crippen molar-refractivity contribution >= 4 is 0 Å². The van der Waals surface area contributed by atoms with Gasteiger partial charge in [0.15, 0.2) is 0 Å². The third kappa shape index (κ3) is 3.80. The summed E-state index contributed by atoms with van der Waals surface area (Å²) < 4.78 is 0. The van der Waals surface area contributed by atoms with Crippen LogP contribution in [-0.2, 0) is 39.0 Å². The minimum atomic E-state index is 0. The molecule has 3 heteroatoms. The Morgan fingerprint density at radius 3 is 2.42 bits per heavy atom. The summed E-state index contributed by atoms with van der Waals surface area (Å²) >= 11 is 0. The average Bonchev–Trinajstić information content (AvgIpc) is 3.08. The molecule has 0 bridgehead atoms. The topological polar surface area (TPSA) is 0 Å². The summed E-state index contributed by atoms with van der Waals surface area (Å²) in [7, 11) is 0. The number of fused-ring (bicyclic) bond motifs is 3. The molecule has 4 rings (SSSR count). The fraction of sp³-hybridized carbons (Fsp3) is 0.238. The number of allylic oxidation sites excluding steroid dienone is 4. The third-order valence-electron chi connectivity index (χ3n) is 4.84. The molecular formula is C21H20Cl2Zr. The zero-order valence-corrected chi connectivity index (χ0v) is 18.0. The predicted molar refractivity (Wildman–Crippen MR) is 89.7 cm³/mol. The molecule has 0 amide bonds. The number of hydrogen-bond donors (Lipinski definition) is 0. The van der Waals surface area contributed by atoms with E-state index in [0.29, 0.717) is 0 Å². The van der Waals surface area contributed by atoms with Crippen molar-refractivity contribution < 1.29 is 51.0 Å². The fourth-order valence-corrected chi connectivity index (χ4v) is 3.68. The average molecular weight is 435 g/mol. The smallest absolute Gasteiger partial charge is 1.00 e. The van der Waals surface area contributed by atoms with Crippen LogP contribution < -0.4 is 24.8 Å². The molecule has 0 radical (unpaired) electrons. The maximum Gasteiger partial charge on any atom is 2.00 e. The molecule has 2 aromatic carbocycles. The van der Waals surface area contributed by atoms with Crippen LogP contribution in [-0.4, -0.2) is 0 Å². The zero-order chi connectivity index (χ0) is 14.4. The summed E-state index contributed by atoms with van der Waals surface area (Å²) in [6.07, 6.45) is 10.1. The normalized spacial score (nSPS) is 13.2. The van der Waals surface area contributed by atoms with Gasteiger partial charge < -0.3 is 24.8 Å². The Balaban J connectivity index is 0.000000960. The monoisotopic (exact) mass is 432 g/mol. The second-order valence-electron chi connectivity index (χ2n) is 6.36. The van der Waals surface area contributed by atoms with Crippen LogP contribution in [0, 0.1) is 13.8 Å². The van der Waals surface area contributed by atoms with Gasteiger partial charge in [0.25, 0.3) is 0 Å². The molecule has 0 aromatic heterocycles. The van der Waals surface area contributed by atoms with Crippen LogP contribution in [0.2, 0.25) is 0 Å². The minimum Gasteiger partial charge on any atom is -1.00 e. The Kier molecular flexibility index (Phi) is 7.73. The molecule has 0 N–H and O–H groups in total. The molecule has 0 saturated heterocycles. The molecule has 122 valence electrons. The van der Waals surface area contributed by atoms with E-state index in [9.17, 15) is 0 Å². The van der Waals surface area contributed by atoms with E-state index < -0.39 is 0 Å². The second kappa shape index (κ2) is 8.66. The Labute approximate surface area is 176 Å². The predicted octanol–water partition coefficient (Wildman–Crippen LogP) is -0.691. The van der Waals surface area contributed by atoms with Crippen LogP contribution >= 0.6 is 0 Å². The van der Waals surface area contributed by atoms with E-state index in [4.69, 9.17) is 0 Å². The molecule has 0 saturated carbocycles. The van der Waals surface area contributed by atoms with Crippen LogP contribution in [0.15, 0.2) is 54.1 Å². The summed E-state index contributed by atoms with van der Waals surface area (Å²) in [4.78, 5) is 0. The van der Waals surface area contributed by atoms with Gasteiger partial charge in [-0.1, -0.05) is 59.7 Å². The van der Waals surface area contributed by atoms with Crippen LogP contribution in [0.3, 0.4) is 0 Å². The third-order valence-corrected chi connectivity index (χ3v) is 4.84. The molecule has 2 aliphatic rings. The molecule has 2 aliphatic carbocycles. The molecule has 2 aromatic rings. The largest absolute Gasteiger partial charge is 2.00 e. The second-order valence-corrected chi connectivity index (χ2v) is 6.36. The Morgan fingerprint density at radius 2 is 1.71 bits per heavy atom.